The van der Waals surface area contributed by atoms with Crippen LogP contribution in [0.15, 0.2) is 89.3 Å². The Kier molecular flexibility index (Phi) is 10.4. The van der Waals surface area contributed by atoms with Gasteiger partial charge in [-0.2, -0.15) is 0 Å². The molecule has 0 bridgehead atoms. The second-order valence-corrected chi connectivity index (χ2v) is 30.8. The minimum Gasteiger partial charge on any atom is -0.472 e. The van der Waals surface area contributed by atoms with Crippen molar-refractivity contribution in [1.82, 2.24) is 0 Å². The van der Waals surface area contributed by atoms with Crippen LogP contribution in [0.3, 0.4) is 0 Å². The van der Waals surface area contributed by atoms with Gasteiger partial charge in [-0.25, -0.2) is 0 Å². The first-order valence-corrected chi connectivity index (χ1v) is 28.8. The fraction of sp³-hybridized carbons (Fsp3) is 0.514. The highest BCUT2D eigenvalue weighted by atomic mass is 16.3. The van der Waals surface area contributed by atoms with Crippen LogP contribution in [0.5, 0.6) is 0 Å². The minimum absolute atomic E-state index is 0.00944. The molecule has 5 aromatic carbocycles. The molecule has 2 aliphatic heterocycles. The van der Waals surface area contributed by atoms with E-state index in [1.165, 1.54) is 126 Å². The molecule has 4 aliphatic carbocycles. The Morgan fingerprint density at radius 2 is 0.892 bits per heavy atom. The molecular formula is C70H87BN2O. The molecule has 0 radical (unpaired) electrons. The van der Waals surface area contributed by atoms with Crippen molar-refractivity contribution >= 4 is 57.4 Å². The standard InChI is InChI=1S/C70H87BN2O/c1-62(2,3)43-35-55-58-56(36-43)73(53-40-50-48(65(8,9)29-31-67(50,12)13)38-45(53)42-23-21-20-22-24-42)54-41-51-49(66(10,11)30-32-68(51,14)15)39-52(54)71(58)61-59(57-60(74-61)70(18,19)34-33-69(57,16)17)72(55)44-25-26-46-47(37-44)64(6,7)28-27-63(46,4)5/h20-26,35-41H,27-34H2,1-19H3. The van der Waals surface area contributed by atoms with Crippen molar-refractivity contribution in [1.29, 1.82) is 0 Å². The molecule has 6 aliphatic rings. The van der Waals surface area contributed by atoms with Gasteiger partial charge in [0, 0.05) is 39.3 Å². The first-order chi connectivity index (χ1) is 34.3. The van der Waals surface area contributed by atoms with Gasteiger partial charge in [-0.05, 0) is 193 Å². The third-order valence-electron chi connectivity index (χ3n) is 20.8. The summed E-state index contributed by atoms with van der Waals surface area (Å²) < 4.78 is 7.96. The molecule has 0 spiro atoms. The van der Waals surface area contributed by atoms with Crippen molar-refractivity contribution in [2.45, 2.75) is 232 Å². The van der Waals surface area contributed by atoms with Crippen LogP contribution < -0.4 is 26.4 Å². The summed E-state index contributed by atoms with van der Waals surface area (Å²) in [4.78, 5) is 5.53. The summed E-state index contributed by atoms with van der Waals surface area (Å²) in [5.74, 6) is 1.18. The van der Waals surface area contributed by atoms with Crippen LogP contribution in [-0.2, 0) is 48.7 Å². The average molecular weight is 983 g/mol. The van der Waals surface area contributed by atoms with Gasteiger partial charge in [-0.3, -0.25) is 0 Å². The number of hydrogen-bond donors (Lipinski definition) is 0. The smallest absolute Gasteiger partial charge is 0.297 e. The van der Waals surface area contributed by atoms with E-state index in [4.69, 9.17) is 4.42 Å². The third kappa shape index (κ3) is 7.16. The van der Waals surface area contributed by atoms with E-state index in [9.17, 15) is 0 Å². The maximum absolute atomic E-state index is 7.96. The fourth-order valence-corrected chi connectivity index (χ4v) is 15.1. The van der Waals surface area contributed by atoms with Crippen molar-refractivity contribution < 1.29 is 4.42 Å². The molecule has 1 aromatic heterocycles. The Labute approximate surface area is 447 Å². The molecule has 0 unspecified atom stereocenters. The molecule has 0 N–H and O–H groups in total. The molecular weight excluding hydrogens is 896 g/mol. The van der Waals surface area contributed by atoms with E-state index in [0.717, 1.165) is 37.8 Å². The Hall–Kier alpha value is -4.96. The molecule has 3 heterocycles. The fourth-order valence-electron chi connectivity index (χ4n) is 15.1. The lowest BCUT2D eigenvalue weighted by Crippen LogP contribution is -2.61. The second-order valence-electron chi connectivity index (χ2n) is 30.8. The van der Waals surface area contributed by atoms with Gasteiger partial charge in [0.05, 0.1) is 17.0 Å². The minimum atomic E-state index is -0.149. The highest BCUT2D eigenvalue weighted by molar-refractivity contribution is 6.99. The van der Waals surface area contributed by atoms with E-state index in [1.807, 2.05) is 0 Å². The number of anilines is 6. The van der Waals surface area contributed by atoms with Crippen LogP contribution in [0.2, 0.25) is 0 Å². The molecule has 386 valence electrons. The lowest BCUT2D eigenvalue weighted by Gasteiger charge is -2.48. The van der Waals surface area contributed by atoms with Gasteiger partial charge in [0.25, 0.3) is 6.71 Å². The third-order valence-corrected chi connectivity index (χ3v) is 20.8. The Morgan fingerprint density at radius 1 is 0.432 bits per heavy atom. The van der Waals surface area contributed by atoms with Gasteiger partial charge in [-0.1, -0.05) is 174 Å². The topological polar surface area (TPSA) is 19.6 Å². The van der Waals surface area contributed by atoms with Crippen LogP contribution >= 0.6 is 0 Å². The van der Waals surface area contributed by atoms with Crippen molar-refractivity contribution in [3.63, 3.8) is 0 Å². The maximum Gasteiger partial charge on any atom is 0.297 e. The normalized spacial score (nSPS) is 22.3. The van der Waals surface area contributed by atoms with Crippen LogP contribution in [0.1, 0.15) is 233 Å². The molecule has 74 heavy (non-hydrogen) atoms. The molecule has 0 saturated heterocycles. The number of rotatable bonds is 3. The summed E-state index contributed by atoms with van der Waals surface area (Å²) in [6, 6.07) is 34.9. The number of nitrogens with zero attached hydrogens (tertiary/aromatic N) is 2. The number of furan rings is 1. The SMILES string of the molecule is CC(C)(C)c1cc2c3c(c1)N(c1ccc4c(c1)C(C)(C)CCC4(C)C)c1c(oc4c1C(C)(C)CCC4(C)C)B3c1cc3c(cc1N2c1cc2c(cc1-c1ccccc1)C(C)(C)CCC2(C)C)C(C)(C)CCC3(C)C. The van der Waals surface area contributed by atoms with Crippen molar-refractivity contribution in [2.24, 2.45) is 0 Å². The predicted molar refractivity (Wildman–Crippen MR) is 318 cm³/mol. The van der Waals surface area contributed by atoms with Gasteiger partial charge < -0.3 is 14.2 Å². The van der Waals surface area contributed by atoms with Gasteiger partial charge in [0.1, 0.15) is 5.76 Å². The quantitative estimate of drug-likeness (QED) is 0.165. The number of benzene rings is 5. The van der Waals surface area contributed by atoms with E-state index in [-0.39, 0.29) is 55.4 Å². The van der Waals surface area contributed by atoms with E-state index >= 15 is 0 Å². The lowest BCUT2D eigenvalue weighted by atomic mass is 9.34. The zero-order chi connectivity index (χ0) is 53.0. The summed E-state index contributed by atoms with van der Waals surface area (Å²) in [6.45, 7) is 46.9. The zero-order valence-electron chi connectivity index (χ0n) is 49.1. The predicted octanol–water partition coefficient (Wildman–Crippen LogP) is 17.7. The summed E-state index contributed by atoms with van der Waals surface area (Å²) in [5, 5.41) is 0. The molecule has 0 atom stereocenters. The molecule has 6 aromatic rings. The second kappa shape index (κ2) is 15.4. The van der Waals surface area contributed by atoms with E-state index in [2.05, 4.69) is 226 Å². The molecule has 0 amide bonds. The maximum atomic E-state index is 7.96. The Bertz CT molecular complexity index is 3340. The van der Waals surface area contributed by atoms with Crippen molar-refractivity contribution in [2.75, 3.05) is 9.80 Å². The average Bonchev–Trinajstić information content (AvgIpc) is 3.75. The van der Waals surface area contributed by atoms with Crippen LogP contribution in [0.4, 0.5) is 34.1 Å². The van der Waals surface area contributed by atoms with Crippen LogP contribution in [0.25, 0.3) is 11.1 Å². The van der Waals surface area contributed by atoms with Gasteiger partial charge in [0.2, 0.25) is 0 Å². The zero-order valence-corrected chi connectivity index (χ0v) is 49.1. The summed E-state index contributed by atoms with van der Waals surface area (Å²) in [6.07, 6.45) is 9.20. The number of hydrogen-bond acceptors (Lipinski definition) is 3. The van der Waals surface area contributed by atoms with Crippen LogP contribution in [0, 0.1) is 0 Å². The van der Waals surface area contributed by atoms with Gasteiger partial charge >= 0.3 is 0 Å². The van der Waals surface area contributed by atoms with Crippen LogP contribution in [-0.4, -0.2) is 6.71 Å². The van der Waals surface area contributed by atoms with Crippen molar-refractivity contribution in [3.05, 3.63) is 135 Å². The monoisotopic (exact) mass is 983 g/mol. The highest BCUT2D eigenvalue weighted by Crippen LogP contribution is 2.59. The first kappa shape index (κ1) is 49.9. The van der Waals surface area contributed by atoms with E-state index < -0.39 is 0 Å². The first-order valence-electron chi connectivity index (χ1n) is 28.8. The summed E-state index contributed by atoms with van der Waals surface area (Å²) in [5.41, 5.74) is 25.7. The Balaban J connectivity index is 1.28. The highest BCUT2D eigenvalue weighted by Gasteiger charge is 2.54. The summed E-state index contributed by atoms with van der Waals surface area (Å²) >= 11 is 0. The summed E-state index contributed by atoms with van der Waals surface area (Å²) in [7, 11) is 0. The molecule has 3 nitrogen and oxygen atoms in total. The lowest BCUT2D eigenvalue weighted by molar-refractivity contribution is 0.282. The Morgan fingerprint density at radius 3 is 1.45 bits per heavy atom. The number of fused-ring (bicyclic) bond motifs is 9. The van der Waals surface area contributed by atoms with E-state index in [0.29, 0.717) is 0 Å². The van der Waals surface area contributed by atoms with Crippen molar-refractivity contribution in [3.8, 4) is 11.1 Å². The largest absolute Gasteiger partial charge is 0.472 e. The molecule has 4 heteroatoms. The molecule has 12 rings (SSSR count). The van der Waals surface area contributed by atoms with E-state index in [1.54, 1.807) is 0 Å². The molecule has 0 saturated carbocycles. The van der Waals surface area contributed by atoms with Gasteiger partial charge in [0.15, 0.2) is 0 Å². The molecule has 0 fully saturated rings. The van der Waals surface area contributed by atoms with Gasteiger partial charge in [-0.15, -0.1) is 0 Å².